The van der Waals surface area contributed by atoms with Crippen LogP contribution in [0.3, 0.4) is 0 Å². The van der Waals surface area contributed by atoms with Gasteiger partial charge in [-0.25, -0.2) is 0 Å². The molecule has 1 aromatic heterocycles. The van der Waals surface area contributed by atoms with E-state index < -0.39 is 23.9 Å². The molecule has 2 atom stereocenters. The number of aromatic nitrogens is 2. The quantitative estimate of drug-likeness (QED) is 0.377. The summed E-state index contributed by atoms with van der Waals surface area (Å²) >= 11 is 0. The number of nitrogens with zero attached hydrogens (tertiary/aromatic N) is 2. The first-order chi connectivity index (χ1) is 16.6. The number of hydrogen-bond donors (Lipinski definition) is 2. The number of rotatable bonds is 11. The molecular weight excluding hydrogens is 459 g/mol. The lowest BCUT2D eigenvalue weighted by Crippen LogP contribution is -2.38. The van der Waals surface area contributed by atoms with E-state index in [0.717, 1.165) is 38.2 Å². The third-order valence-corrected chi connectivity index (χ3v) is 6.23. The minimum Gasteiger partial charge on any atom is -0.368 e. The van der Waals surface area contributed by atoms with Crippen molar-refractivity contribution in [3.8, 4) is 11.3 Å². The van der Waals surface area contributed by atoms with Gasteiger partial charge in [0.05, 0.1) is 23.9 Å². The van der Waals surface area contributed by atoms with Gasteiger partial charge in [0, 0.05) is 18.0 Å². The fraction of sp³-hybridized carbons (Fsp3) is 0.615. The van der Waals surface area contributed by atoms with Crippen LogP contribution in [0.2, 0.25) is 0 Å². The molecule has 1 heterocycles. The second kappa shape index (κ2) is 12.0. The number of aliphatic hydroxyl groups excluding tert-OH is 1. The Bertz CT molecular complexity index is 968. The number of nitrogens with one attached hydrogen (secondary N) is 1. The first kappa shape index (κ1) is 27.2. The van der Waals surface area contributed by atoms with E-state index in [-0.39, 0.29) is 35.7 Å². The molecule has 0 aliphatic heterocycles. The predicted octanol–water partition coefficient (Wildman–Crippen LogP) is 5.96. The Labute approximate surface area is 204 Å². The van der Waals surface area contributed by atoms with Gasteiger partial charge >= 0.3 is 6.18 Å². The van der Waals surface area contributed by atoms with Crippen LogP contribution in [0, 0.1) is 5.92 Å². The zero-order valence-corrected chi connectivity index (χ0v) is 20.6. The molecule has 1 aliphatic rings. The molecule has 0 spiro atoms. The molecule has 1 fully saturated rings. The number of amides is 1. The Morgan fingerprint density at radius 1 is 1.26 bits per heavy atom. The van der Waals surface area contributed by atoms with Crippen molar-refractivity contribution in [3.63, 3.8) is 0 Å². The Kier molecular flexibility index (Phi) is 9.35. The highest BCUT2D eigenvalue weighted by atomic mass is 19.4. The van der Waals surface area contributed by atoms with E-state index in [2.05, 4.69) is 10.4 Å². The summed E-state index contributed by atoms with van der Waals surface area (Å²) in [6, 6.07) is 6.45. The van der Waals surface area contributed by atoms with Crippen LogP contribution in [0.15, 0.2) is 30.3 Å². The summed E-state index contributed by atoms with van der Waals surface area (Å²) in [7, 11) is 0. The lowest BCUT2D eigenvalue weighted by molar-refractivity contribution is -0.137. The van der Waals surface area contributed by atoms with Gasteiger partial charge in [-0.2, -0.15) is 18.3 Å². The molecule has 0 bridgehead atoms. The van der Waals surface area contributed by atoms with Crippen LogP contribution in [0.5, 0.6) is 0 Å². The number of carbonyl (C=O) groups excluding carboxylic acids is 1. The third kappa shape index (κ3) is 7.30. The van der Waals surface area contributed by atoms with Crippen molar-refractivity contribution in [3.05, 3.63) is 41.6 Å². The summed E-state index contributed by atoms with van der Waals surface area (Å²) in [6.45, 7) is 6.34. The second-order valence-electron chi connectivity index (χ2n) is 9.72. The second-order valence-corrected chi connectivity index (χ2v) is 9.72. The number of hydrogen-bond acceptors (Lipinski definition) is 4. The van der Waals surface area contributed by atoms with Gasteiger partial charge in [-0.3, -0.25) is 9.48 Å². The van der Waals surface area contributed by atoms with Gasteiger partial charge in [0.15, 0.2) is 12.0 Å². The summed E-state index contributed by atoms with van der Waals surface area (Å²) in [4.78, 5) is 13.1. The number of aliphatic hydroxyl groups is 1. The smallest absolute Gasteiger partial charge is 0.368 e. The largest absolute Gasteiger partial charge is 0.417 e. The van der Waals surface area contributed by atoms with Crippen LogP contribution in [-0.2, 0) is 10.9 Å². The van der Waals surface area contributed by atoms with E-state index in [9.17, 15) is 23.1 Å². The van der Waals surface area contributed by atoms with E-state index in [1.54, 1.807) is 10.7 Å². The highest BCUT2D eigenvalue weighted by molar-refractivity contribution is 5.93. The number of alkyl halides is 3. The fourth-order valence-electron chi connectivity index (χ4n) is 4.56. The van der Waals surface area contributed by atoms with E-state index in [4.69, 9.17) is 4.74 Å². The predicted molar refractivity (Wildman–Crippen MR) is 128 cm³/mol. The number of halogens is 3. The molecule has 0 radical (unpaired) electrons. The molecule has 3 rings (SSSR count). The Morgan fingerprint density at radius 2 is 1.94 bits per heavy atom. The molecule has 1 amide bonds. The maximum absolute atomic E-state index is 13.8. The summed E-state index contributed by atoms with van der Waals surface area (Å²) in [5, 5.41) is 17.6. The number of ether oxygens (including phenoxy) is 1. The zero-order valence-electron chi connectivity index (χ0n) is 20.6. The highest BCUT2D eigenvalue weighted by Gasteiger charge is 2.35. The van der Waals surface area contributed by atoms with E-state index in [1.165, 1.54) is 18.2 Å². The maximum Gasteiger partial charge on any atom is 0.417 e. The molecule has 194 valence electrons. The van der Waals surface area contributed by atoms with Crippen LogP contribution >= 0.6 is 0 Å². The van der Waals surface area contributed by atoms with Gasteiger partial charge in [-0.1, -0.05) is 58.2 Å². The van der Waals surface area contributed by atoms with Gasteiger partial charge in [0.25, 0.3) is 5.91 Å². The first-order valence-electron chi connectivity index (χ1n) is 12.5. The first-order valence-corrected chi connectivity index (χ1v) is 12.5. The normalized spacial score (nSPS) is 16.6. The van der Waals surface area contributed by atoms with Gasteiger partial charge in [-0.15, -0.1) is 0 Å². The Morgan fingerprint density at radius 3 is 2.57 bits per heavy atom. The van der Waals surface area contributed by atoms with Gasteiger partial charge in [0.2, 0.25) is 0 Å². The standard InChI is InChI=1S/C26H36F3N3O3/c1-4-9-18(14-24(33)35-16-17(2)3)30-25(34)22-15-23(32(31-22)19-10-5-6-11-19)20-12-7-8-13-21(20)26(27,28)29/h7-8,12-13,15,17-19,24,33H,4-6,9-11,14,16H2,1-3H3,(H,30,34)/t18-,24?/m0/s1. The number of benzene rings is 1. The lowest BCUT2D eigenvalue weighted by atomic mass is 10.0. The van der Waals surface area contributed by atoms with E-state index in [1.807, 2.05) is 20.8 Å². The minimum atomic E-state index is -4.53. The van der Waals surface area contributed by atoms with Gasteiger partial charge < -0.3 is 15.2 Å². The van der Waals surface area contributed by atoms with Crippen LogP contribution in [0.1, 0.15) is 87.8 Å². The topological polar surface area (TPSA) is 76.4 Å². The van der Waals surface area contributed by atoms with Crippen molar-refractivity contribution in [2.24, 2.45) is 5.92 Å². The van der Waals surface area contributed by atoms with Crippen molar-refractivity contribution in [2.75, 3.05) is 6.61 Å². The van der Waals surface area contributed by atoms with Crippen molar-refractivity contribution in [1.82, 2.24) is 15.1 Å². The SMILES string of the molecule is CCC[C@@H](CC(O)OCC(C)C)NC(=O)c1cc(-c2ccccc2C(F)(F)F)n(C2CCCC2)n1. The monoisotopic (exact) mass is 495 g/mol. The van der Waals surface area contributed by atoms with Crippen molar-refractivity contribution in [2.45, 2.75) is 90.3 Å². The minimum absolute atomic E-state index is 0.0149. The average Bonchev–Trinajstić information content (AvgIpc) is 3.47. The average molecular weight is 496 g/mol. The Balaban J connectivity index is 1.88. The molecule has 0 saturated heterocycles. The zero-order chi connectivity index (χ0) is 25.6. The van der Waals surface area contributed by atoms with Crippen LogP contribution in [-0.4, -0.2) is 39.7 Å². The molecule has 9 heteroatoms. The van der Waals surface area contributed by atoms with E-state index >= 15 is 0 Å². The third-order valence-electron chi connectivity index (χ3n) is 6.23. The summed E-state index contributed by atoms with van der Waals surface area (Å²) < 4.78 is 48.3. The van der Waals surface area contributed by atoms with E-state index in [0.29, 0.717) is 18.7 Å². The number of carbonyl (C=O) groups is 1. The van der Waals surface area contributed by atoms with Gasteiger partial charge in [0.1, 0.15) is 0 Å². The molecule has 1 aromatic carbocycles. The summed E-state index contributed by atoms with van der Waals surface area (Å²) in [5.74, 6) is -0.205. The molecule has 2 aromatic rings. The summed E-state index contributed by atoms with van der Waals surface area (Å²) in [5.41, 5.74) is -0.369. The fourth-order valence-corrected chi connectivity index (χ4v) is 4.56. The summed E-state index contributed by atoms with van der Waals surface area (Å²) in [6.07, 6.45) is -0.355. The maximum atomic E-state index is 13.8. The van der Waals surface area contributed by atoms with Crippen molar-refractivity contribution < 1.29 is 27.8 Å². The molecule has 6 nitrogen and oxygen atoms in total. The molecule has 35 heavy (non-hydrogen) atoms. The van der Waals surface area contributed by atoms with Crippen molar-refractivity contribution >= 4 is 5.91 Å². The molecule has 1 unspecified atom stereocenters. The van der Waals surface area contributed by atoms with Gasteiger partial charge in [-0.05, 0) is 37.3 Å². The lowest BCUT2D eigenvalue weighted by Gasteiger charge is -2.21. The van der Waals surface area contributed by atoms with Crippen LogP contribution < -0.4 is 5.32 Å². The molecule has 1 aliphatic carbocycles. The highest BCUT2D eigenvalue weighted by Crippen LogP contribution is 2.40. The molecular formula is C26H36F3N3O3. The van der Waals surface area contributed by atoms with Crippen LogP contribution in [0.25, 0.3) is 11.3 Å². The molecule has 2 N–H and O–H groups in total. The van der Waals surface area contributed by atoms with Crippen LogP contribution in [0.4, 0.5) is 13.2 Å². The van der Waals surface area contributed by atoms with Crippen molar-refractivity contribution in [1.29, 1.82) is 0 Å². The Hall–Kier alpha value is -2.39. The molecule has 1 saturated carbocycles.